The van der Waals surface area contributed by atoms with E-state index >= 15 is 0 Å². The molecule has 0 spiro atoms. The van der Waals surface area contributed by atoms with Crippen LogP contribution >= 0.6 is 0 Å². The Bertz CT molecular complexity index is 958. The zero-order chi connectivity index (χ0) is 21.9. The van der Waals surface area contributed by atoms with E-state index < -0.39 is 0 Å². The minimum absolute atomic E-state index is 0.225. The van der Waals surface area contributed by atoms with Crippen molar-refractivity contribution in [2.45, 2.75) is 109 Å². The van der Waals surface area contributed by atoms with Crippen molar-refractivity contribution in [2.75, 3.05) is 5.32 Å². The summed E-state index contributed by atoms with van der Waals surface area (Å²) in [5.74, 6) is 0. The average molecular weight is 404 g/mol. The van der Waals surface area contributed by atoms with E-state index in [0.29, 0.717) is 0 Å². The van der Waals surface area contributed by atoms with Crippen molar-refractivity contribution in [2.24, 2.45) is 0 Å². The first-order chi connectivity index (χ1) is 13.8. The maximum absolute atomic E-state index is 3.75. The number of anilines is 2. The van der Waals surface area contributed by atoms with Crippen LogP contribution in [0.2, 0.25) is 0 Å². The molecule has 2 aliphatic rings. The van der Waals surface area contributed by atoms with Crippen molar-refractivity contribution in [3.63, 3.8) is 0 Å². The lowest BCUT2D eigenvalue weighted by Crippen LogP contribution is -2.33. The van der Waals surface area contributed by atoms with Gasteiger partial charge in [-0.3, -0.25) is 0 Å². The van der Waals surface area contributed by atoms with Crippen LogP contribution in [-0.4, -0.2) is 0 Å². The van der Waals surface area contributed by atoms with Gasteiger partial charge in [-0.25, -0.2) is 0 Å². The second-order valence-corrected chi connectivity index (χ2v) is 12.5. The summed E-state index contributed by atoms with van der Waals surface area (Å²) in [5.41, 5.74) is 9.50. The average Bonchev–Trinajstić information content (AvgIpc) is 2.73. The zero-order valence-electron chi connectivity index (χ0n) is 20.5. The molecule has 4 rings (SSSR count). The molecule has 0 heterocycles. The van der Waals surface area contributed by atoms with Gasteiger partial charge in [0.15, 0.2) is 0 Å². The molecule has 0 unspecified atom stereocenters. The van der Waals surface area contributed by atoms with Crippen LogP contribution in [0.3, 0.4) is 0 Å². The molecule has 0 atom stereocenters. The molecule has 0 amide bonds. The highest BCUT2D eigenvalue weighted by molar-refractivity contribution is 5.65. The minimum atomic E-state index is 0.225. The number of nitrogens with one attached hydrogen (secondary N) is 1. The van der Waals surface area contributed by atoms with E-state index in [1.165, 1.54) is 65.7 Å². The van der Waals surface area contributed by atoms with Gasteiger partial charge in [-0.05, 0) is 93.9 Å². The van der Waals surface area contributed by atoms with Crippen molar-refractivity contribution in [3.05, 3.63) is 58.7 Å². The number of hydrogen-bond acceptors (Lipinski definition) is 1. The summed E-state index contributed by atoms with van der Waals surface area (Å²) in [5, 5.41) is 3.75. The van der Waals surface area contributed by atoms with E-state index in [1.807, 2.05) is 0 Å². The molecule has 2 aromatic carbocycles. The molecule has 0 fully saturated rings. The Balaban J connectivity index is 1.72. The molecule has 0 aromatic heterocycles. The summed E-state index contributed by atoms with van der Waals surface area (Å²) >= 11 is 0. The fourth-order valence-electron chi connectivity index (χ4n) is 5.85. The minimum Gasteiger partial charge on any atom is -0.356 e. The lowest BCUT2D eigenvalue weighted by atomic mass is 9.63. The van der Waals surface area contributed by atoms with Crippen LogP contribution in [0.15, 0.2) is 36.4 Å². The highest BCUT2D eigenvalue weighted by Gasteiger charge is 2.37. The molecular formula is C29H41N. The molecule has 1 N–H and O–H groups in total. The molecule has 0 aliphatic heterocycles. The lowest BCUT2D eigenvalue weighted by Gasteiger charge is -2.42. The Morgan fingerprint density at radius 2 is 0.867 bits per heavy atom. The lowest BCUT2D eigenvalue weighted by molar-refractivity contribution is 0.332. The fourth-order valence-corrected chi connectivity index (χ4v) is 5.85. The molecule has 1 nitrogen and oxygen atoms in total. The fraction of sp³-hybridized carbons (Fsp3) is 0.586. The zero-order valence-corrected chi connectivity index (χ0v) is 20.5. The van der Waals surface area contributed by atoms with Crippen LogP contribution < -0.4 is 5.32 Å². The maximum Gasteiger partial charge on any atom is 0.0387 e. The third-order valence-corrected chi connectivity index (χ3v) is 8.22. The third kappa shape index (κ3) is 3.70. The predicted molar refractivity (Wildman–Crippen MR) is 131 cm³/mol. The Kier molecular flexibility index (Phi) is 4.92. The molecule has 0 radical (unpaired) electrons. The van der Waals surface area contributed by atoms with E-state index in [-0.39, 0.29) is 21.7 Å². The third-order valence-electron chi connectivity index (χ3n) is 8.22. The number of rotatable bonds is 2. The molecule has 30 heavy (non-hydrogen) atoms. The summed E-state index contributed by atoms with van der Waals surface area (Å²) < 4.78 is 0. The van der Waals surface area contributed by atoms with Crippen LogP contribution in [0.1, 0.15) is 110 Å². The van der Waals surface area contributed by atoms with Gasteiger partial charge in [0.25, 0.3) is 0 Å². The standard InChI is InChI=1S/C29H41N/c1-26(2)14-9-15-27(3,4)24-18-20(10-12-22(24)26)30-21-11-13-23-25(19-21)29(7,8)17-16-28(23,5)6/h10-13,18-19,30H,9,14-17H2,1-8H3. The van der Waals surface area contributed by atoms with Gasteiger partial charge in [-0.2, -0.15) is 0 Å². The Morgan fingerprint density at radius 1 is 0.500 bits per heavy atom. The van der Waals surface area contributed by atoms with E-state index in [9.17, 15) is 0 Å². The summed E-state index contributed by atoms with van der Waals surface area (Å²) in [6, 6.07) is 14.2. The van der Waals surface area contributed by atoms with Gasteiger partial charge < -0.3 is 5.32 Å². The molecule has 2 aromatic rings. The van der Waals surface area contributed by atoms with Crippen molar-refractivity contribution in [3.8, 4) is 0 Å². The van der Waals surface area contributed by atoms with Crippen molar-refractivity contribution in [1.82, 2.24) is 0 Å². The Hall–Kier alpha value is -1.76. The van der Waals surface area contributed by atoms with Gasteiger partial charge in [-0.15, -0.1) is 0 Å². The quantitative estimate of drug-likeness (QED) is 0.495. The largest absolute Gasteiger partial charge is 0.356 e. The number of benzene rings is 2. The van der Waals surface area contributed by atoms with E-state index in [1.54, 1.807) is 0 Å². The van der Waals surface area contributed by atoms with Gasteiger partial charge >= 0.3 is 0 Å². The number of hydrogen-bond donors (Lipinski definition) is 1. The van der Waals surface area contributed by atoms with Gasteiger partial charge in [0.05, 0.1) is 0 Å². The number of fused-ring (bicyclic) bond motifs is 2. The molecule has 162 valence electrons. The monoisotopic (exact) mass is 403 g/mol. The normalized spacial score (nSPS) is 23.1. The van der Waals surface area contributed by atoms with E-state index in [0.717, 1.165) is 0 Å². The van der Waals surface area contributed by atoms with Crippen LogP contribution in [-0.2, 0) is 21.7 Å². The molecule has 0 saturated heterocycles. The highest BCUT2D eigenvalue weighted by atomic mass is 14.9. The molecule has 0 saturated carbocycles. The van der Waals surface area contributed by atoms with Gasteiger partial charge in [-0.1, -0.05) is 73.9 Å². The van der Waals surface area contributed by atoms with E-state index in [2.05, 4.69) is 97.1 Å². The summed E-state index contributed by atoms with van der Waals surface area (Å²) in [6.07, 6.45) is 6.34. The first-order valence-corrected chi connectivity index (χ1v) is 11.9. The second kappa shape index (κ2) is 6.87. The molecule has 0 bridgehead atoms. The summed E-state index contributed by atoms with van der Waals surface area (Å²) in [7, 11) is 0. The predicted octanol–water partition coefficient (Wildman–Crippen LogP) is 8.52. The first-order valence-electron chi connectivity index (χ1n) is 11.9. The first kappa shape index (κ1) is 21.5. The highest BCUT2D eigenvalue weighted by Crippen LogP contribution is 2.47. The Morgan fingerprint density at radius 3 is 1.33 bits per heavy atom. The Labute approximate surface area is 184 Å². The van der Waals surface area contributed by atoms with Crippen LogP contribution in [0.4, 0.5) is 11.4 Å². The van der Waals surface area contributed by atoms with Crippen LogP contribution in [0.5, 0.6) is 0 Å². The van der Waals surface area contributed by atoms with Crippen LogP contribution in [0, 0.1) is 0 Å². The topological polar surface area (TPSA) is 12.0 Å². The summed E-state index contributed by atoms with van der Waals surface area (Å²) in [6.45, 7) is 19.2. The molecule has 2 aliphatic carbocycles. The van der Waals surface area contributed by atoms with Crippen molar-refractivity contribution in [1.29, 1.82) is 0 Å². The van der Waals surface area contributed by atoms with E-state index in [4.69, 9.17) is 0 Å². The smallest absolute Gasteiger partial charge is 0.0387 e. The second-order valence-electron chi connectivity index (χ2n) is 12.5. The SMILES string of the molecule is CC1(C)CCCC(C)(C)c2cc(Nc3ccc4c(c3)C(C)(C)CCC4(C)C)ccc21. The van der Waals surface area contributed by atoms with Crippen molar-refractivity contribution < 1.29 is 0 Å². The van der Waals surface area contributed by atoms with Gasteiger partial charge in [0.1, 0.15) is 0 Å². The maximum atomic E-state index is 3.75. The van der Waals surface area contributed by atoms with Gasteiger partial charge in [0.2, 0.25) is 0 Å². The van der Waals surface area contributed by atoms with Crippen LogP contribution in [0.25, 0.3) is 0 Å². The molecular weight excluding hydrogens is 362 g/mol. The summed E-state index contributed by atoms with van der Waals surface area (Å²) in [4.78, 5) is 0. The van der Waals surface area contributed by atoms with Gasteiger partial charge in [0, 0.05) is 11.4 Å². The van der Waals surface area contributed by atoms with Crippen molar-refractivity contribution >= 4 is 11.4 Å². The molecule has 1 heteroatoms.